The van der Waals surface area contributed by atoms with Crippen LogP contribution in [0, 0.1) is 0 Å². The fourth-order valence-corrected chi connectivity index (χ4v) is 3.44. The molecule has 0 atom stereocenters. The molecule has 0 saturated carbocycles. The van der Waals surface area contributed by atoms with Gasteiger partial charge in [-0.05, 0) is 24.3 Å². The highest BCUT2D eigenvalue weighted by Crippen LogP contribution is 2.17. The van der Waals surface area contributed by atoms with Gasteiger partial charge in [0.15, 0.2) is 5.13 Å². The second kappa shape index (κ2) is 8.29. The van der Waals surface area contributed by atoms with Crippen LogP contribution in [0.3, 0.4) is 0 Å². The van der Waals surface area contributed by atoms with Gasteiger partial charge in [0.2, 0.25) is 5.91 Å². The molecule has 7 nitrogen and oxygen atoms in total. The average Bonchev–Trinajstić information content (AvgIpc) is 3.22. The van der Waals surface area contributed by atoms with Crippen molar-refractivity contribution in [1.82, 2.24) is 14.8 Å². The molecule has 0 spiro atoms. The molecule has 138 valence electrons. The number of methoxy groups -OCH3 is 1. The number of hydrogen-bond acceptors (Lipinski definition) is 6. The summed E-state index contributed by atoms with van der Waals surface area (Å²) in [5, 5.41) is 2.55. The highest BCUT2D eigenvalue weighted by molar-refractivity contribution is 7.13. The van der Waals surface area contributed by atoms with Gasteiger partial charge in [-0.3, -0.25) is 19.4 Å². The molecule has 2 aromatic rings. The van der Waals surface area contributed by atoms with Crippen molar-refractivity contribution in [2.75, 3.05) is 51.8 Å². The van der Waals surface area contributed by atoms with Crippen molar-refractivity contribution in [3.8, 4) is 5.75 Å². The SMILES string of the molecule is COc1ccc(C(=O)N2CCN(CC(=O)N(C)c3nccs3)CC2)cc1. The molecule has 1 aliphatic heterocycles. The molecule has 1 saturated heterocycles. The molecule has 0 unspecified atom stereocenters. The van der Waals surface area contributed by atoms with Crippen molar-refractivity contribution in [3.05, 3.63) is 41.4 Å². The number of thiazole rings is 1. The van der Waals surface area contributed by atoms with E-state index in [4.69, 9.17) is 4.74 Å². The molecule has 2 amide bonds. The van der Waals surface area contributed by atoms with E-state index in [1.165, 1.54) is 11.3 Å². The van der Waals surface area contributed by atoms with Crippen LogP contribution in [0.1, 0.15) is 10.4 Å². The zero-order chi connectivity index (χ0) is 18.5. The molecule has 2 heterocycles. The molecule has 1 aliphatic rings. The van der Waals surface area contributed by atoms with Gasteiger partial charge in [-0.1, -0.05) is 0 Å². The van der Waals surface area contributed by atoms with E-state index in [2.05, 4.69) is 9.88 Å². The van der Waals surface area contributed by atoms with Crippen LogP contribution in [0.2, 0.25) is 0 Å². The van der Waals surface area contributed by atoms with Crippen molar-refractivity contribution >= 4 is 28.3 Å². The van der Waals surface area contributed by atoms with Gasteiger partial charge in [-0.15, -0.1) is 11.3 Å². The normalized spacial score (nSPS) is 14.9. The molecular formula is C18H22N4O3S. The average molecular weight is 374 g/mol. The van der Waals surface area contributed by atoms with Gasteiger partial charge < -0.3 is 9.64 Å². The monoisotopic (exact) mass is 374 g/mol. The molecule has 3 rings (SSSR count). The van der Waals surface area contributed by atoms with E-state index in [1.807, 2.05) is 10.3 Å². The maximum atomic E-state index is 12.6. The number of amides is 2. The number of benzene rings is 1. The Kier molecular flexibility index (Phi) is 5.85. The Morgan fingerprint density at radius 3 is 2.46 bits per heavy atom. The number of anilines is 1. The fourth-order valence-electron chi connectivity index (χ4n) is 2.81. The van der Waals surface area contributed by atoms with Crippen molar-refractivity contribution in [2.24, 2.45) is 0 Å². The fraction of sp³-hybridized carbons (Fsp3) is 0.389. The zero-order valence-electron chi connectivity index (χ0n) is 14.9. The number of carbonyl (C=O) groups excluding carboxylic acids is 2. The third-order valence-electron chi connectivity index (χ3n) is 4.44. The number of rotatable bonds is 5. The summed E-state index contributed by atoms with van der Waals surface area (Å²) in [5.41, 5.74) is 0.652. The van der Waals surface area contributed by atoms with Crippen LogP contribution in [0.15, 0.2) is 35.8 Å². The molecule has 0 radical (unpaired) electrons. The van der Waals surface area contributed by atoms with Crippen LogP contribution in [0.5, 0.6) is 5.75 Å². The van der Waals surface area contributed by atoms with E-state index in [-0.39, 0.29) is 11.8 Å². The van der Waals surface area contributed by atoms with Crippen molar-refractivity contribution < 1.29 is 14.3 Å². The Morgan fingerprint density at radius 1 is 1.19 bits per heavy atom. The van der Waals surface area contributed by atoms with Gasteiger partial charge in [-0.2, -0.15) is 0 Å². The minimum atomic E-state index is 0.00915. The summed E-state index contributed by atoms with van der Waals surface area (Å²) in [6.07, 6.45) is 1.69. The van der Waals surface area contributed by atoms with E-state index in [9.17, 15) is 9.59 Å². The highest BCUT2D eigenvalue weighted by atomic mass is 32.1. The van der Waals surface area contributed by atoms with Gasteiger partial charge in [0.25, 0.3) is 5.91 Å². The molecule has 26 heavy (non-hydrogen) atoms. The zero-order valence-corrected chi connectivity index (χ0v) is 15.7. The van der Waals surface area contributed by atoms with Crippen LogP contribution in [-0.2, 0) is 4.79 Å². The highest BCUT2D eigenvalue weighted by Gasteiger charge is 2.24. The maximum absolute atomic E-state index is 12.6. The second-order valence-electron chi connectivity index (χ2n) is 6.06. The minimum absolute atomic E-state index is 0.00915. The van der Waals surface area contributed by atoms with Crippen molar-refractivity contribution in [3.63, 3.8) is 0 Å². The number of likely N-dealkylation sites (N-methyl/N-ethyl adjacent to an activating group) is 1. The summed E-state index contributed by atoms with van der Waals surface area (Å²) in [4.78, 5) is 34.6. The van der Waals surface area contributed by atoms with Crippen LogP contribution in [0.4, 0.5) is 5.13 Å². The molecule has 0 bridgehead atoms. The molecular weight excluding hydrogens is 352 g/mol. The predicted molar refractivity (Wildman–Crippen MR) is 101 cm³/mol. The van der Waals surface area contributed by atoms with Gasteiger partial charge in [0.1, 0.15) is 5.75 Å². The third-order valence-corrected chi connectivity index (χ3v) is 5.28. The summed E-state index contributed by atoms with van der Waals surface area (Å²) in [5.74, 6) is 0.752. The predicted octanol–water partition coefficient (Wildman–Crippen LogP) is 1.57. The van der Waals surface area contributed by atoms with Gasteiger partial charge in [-0.25, -0.2) is 4.98 Å². The van der Waals surface area contributed by atoms with Crippen LogP contribution < -0.4 is 9.64 Å². The molecule has 1 aromatic heterocycles. The Morgan fingerprint density at radius 2 is 1.88 bits per heavy atom. The smallest absolute Gasteiger partial charge is 0.253 e. The molecule has 0 aliphatic carbocycles. The summed E-state index contributed by atoms with van der Waals surface area (Å²) in [6.45, 7) is 2.91. The minimum Gasteiger partial charge on any atom is -0.497 e. The lowest BCUT2D eigenvalue weighted by Gasteiger charge is -2.34. The first-order valence-electron chi connectivity index (χ1n) is 8.40. The molecule has 1 aromatic carbocycles. The first-order chi connectivity index (χ1) is 12.6. The number of ether oxygens (including phenoxy) is 1. The Labute approximate surface area is 156 Å². The molecule has 0 N–H and O–H groups in total. The largest absolute Gasteiger partial charge is 0.497 e. The summed E-state index contributed by atoms with van der Waals surface area (Å²) in [7, 11) is 3.34. The number of nitrogens with zero attached hydrogens (tertiary/aromatic N) is 4. The second-order valence-corrected chi connectivity index (χ2v) is 6.94. The number of aromatic nitrogens is 1. The molecule has 1 fully saturated rings. The lowest BCUT2D eigenvalue weighted by Crippen LogP contribution is -2.51. The first-order valence-corrected chi connectivity index (χ1v) is 9.28. The summed E-state index contributed by atoms with van der Waals surface area (Å²) < 4.78 is 5.12. The quantitative estimate of drug-likeness (QED) is 0.795. The topological polar surface area (TPSA) is 66.0 Å². The van der Waals surface area contributed by atoms with Crippen LogP contribution in [0.25, 0.3) is 0 Å². The molecule has 8 heteroatoms. The Bertz CT molecular complexity index is 740. The lowest BCUT2D eigenvalue weighted by atomic mass is 10.1. The van der Waals surface area contributed by atoms with E-state index < -0.39 is 0 Å². The Balaban J connectivity index is 1.50. The van der Waals surface area contributed by atoms with E-state index in [0.717, 1.165) is 5.75 Å². The maximum Gasteiger partial charge on any atom is 0.253 e. The van der Waals surface area contributed by atoms with Gasteiger partial charge in [0, 0.05) is 50.4 Å². The number of piperazine rings is 1. The van der Waals surface area contributed by atoms with E-state index in [1.54, 1.807) is 49.5 Å². The van der Waals surface area contributed by atoms with Crippen molar-refractivity contribution in [1.29, 1.82) is 0 Å². The van der Waals surface area contributed by atoms with Gasteiger partial charge in [0.05, 0.1) is 13.7 Å². The number of hydrogen-bond donors (Lipinski definition) is 0. The van der Waals surface area contributed by atoms with E-state index >= 15 is 0 Å². The number of carbonyl (C=O) groups is 2. The Hall–Kier alpha value is -2.45. The van der Waals surface area contributed by atoms with E-state index in [0.29, 0.717) is 43.4 Å². The first kappa shape index (κ1) is 18.3. The van der Waals surface area contributed by atoms with Crippen molar-refractivity contribution in [2.45, 2.75) is 0 Å². The van der Waals surface area contributed by atoms with Crippen LogP contribution >= 0.6 is 11.3 Å². The van der Waals surface area contributed by atoms with Gasteiger partial charge >= 0.3 is 0 Å². The van der Waals surface area contributed by atoms with Crippen LogP contribution in [-0.4, -0.2) is 73.5 Å². The third kappa shape index (κ3) is 4.20. The summed E-state index contributed by atoms with van der Waals surface area (Å²) >= 11 is 1.44. The summed E-state index contributed by atoms with van der Waals surface area (Å²) in [6, 6.07) is 7.13. The standard InChI is InChI=1S/C18H22N4O3S/c1-20(18-19-7-12-26-18)16(23)13-21-8-10-22(11-9-21)17(24)14-3-5-15(25-2)6-4-14/h3-7,12H,8-11,13H2,1-2H3. The lowest BCUT2D eigenvalue weighted by molar-refractivity contribution is -0.119.